The molecular weight excluding hydrogens is 389 g/mol. The third-order valence-corrected chi connectivity index (χ3v) is 4.47. The molecule has 2 aromatic rings. The maximum Gasteiger partial charge on any atom is 0.418 e. The molecule has 1 atom stereocenters. The lowest BCUT2D eigenvalue weighted by Gasteiger charge is -2.16. The predicted molar refractivity (Wildman–Crippen MR) is 90.7 cm³/mol. The highest BCUT2D eigenvalue weighted by Gasteiger charge is 2.36. The van der Waals surface area contributed by atoms with Gasteiger partial charge in [-0.15, -0.1) is 11.3 Å². The van der Waals surface area contributed by atoms with Crippen molar-refractivity contribution in [2.24, 2.45) is 0 Å². The van der Waals surface area contributed by atoms with Gasteiger partial charge in [0.1, 0.15) is 4.88 Å². The van der Waals surface area contributed by atoms with E-state index in [4.69, 9.17) is 4.74 Å². The summed E-state index contributed by atoms with van der Waals surface area (Å²) in [6.45, 7) is 2.87. The summed E-state index contributed by atoms with van der Waals surface area (Å²) < 4.78 is 44.3. The van der Waals surface area contributed by atoms with Crippen LogP contribution in [0.3, 0.4) is 0 Å². The van der Waals surface area contributed by atoms with E-state index in [1.165, 1.54) is 6.92 Å². The Kier molecular flexibility index (Phi) is 5.84. The molecule has 7 nitrogen and oxygen atoms in total. The molecule has 0 aliphatic rings. The monoisotopic (exact) mass is 402 g/mol. The van der Waals surface area contributed by atoms with E-state index >= 15 is 0 Å². The number of nitrogens with zero attached hydrogens (tertiary/aromatic N) is 1. The van der Waals surface area contributed by atoms with Gasteiger partial charge in [0.15, 0.2) is 6.10 Å². The van der Waals surface area contributed by atoms with Crippen molar-refractivity contribution in [2.75, 3.05) is 5.32 Å². The molecule has 0 saturated heterocycles. The van der Waals surface area contributed by atoms with E-state index in [-0.39, 0.29) is 4.88 Å². The average Bonchev–Trinajstić information content (AvgIpc) is 3.00. The number of carbonyl (C=O) groups excluding carboxylic acids is 2. The Hall–Kier alpha value is -2.95. The number of anilines is 1. The second-order valence-electron chi connectivity index (χ2n) is 5.45. The molecule has 0 saturated carbocycles. The van der Waals surface area contributed by atoms with E-state index < -0.39 is 46.0 Å². The first-order valence-corrected chi connectivity index (χ1v) is 8.30. The minimum atomic E-state index is -4.93. The van der Waals surface area contributed by atoms with Crippen LogP contribution in [0.2, 0.25) is 0 Å². The van der Waals surface area contributed by atoms with Gasteiger partial charge in [0, 0.05) is 12.1 Å². The van der Waals surface area contributed by atoms with E-state index in [2.05, 4.69) is 0 Å². The van der Waals surface area contributed by atoms with Gasteiger partial charge >= 0.3 is 12.1 Å². The van der Waals surface area contributed by atoms with Crippen molar-refractivity contribution in [3.8, 4) is 0 Å². The fourth-order valence-electron chi connectivity index (χ4n) is 2.07. The zero-order valence-corrected chi connectivity index (χ0v) is 14.8. The molecule has 1 amide bonds. The van der Waals surface area contributed by atoms with Crippen LogP contribution >= 0.6 is 11.3 Å². The minimum absolute atomic E-state index is 0.279. The largest absolute Gasteiger partial charge is 0.448 e. The zero-order valence-electron chi connectivity index (χ0n) is 14.0. The van der Waals surface area contributed by atoms with Crippen molar-refractivity contribution in [3.05, 3.63) is 55.8 Å². The Morgan fingerprint density at radius 3 is 2.48 bits per heavy atom. The van der Waals surface area contributed by atoms with Crippen LogP contribution in [0.25, 0.3) is 0 Å². The first kappa shape index (κ1) is 20.4. The number of hydrogen-bond acceptors (Lipinski definition) is 6. The Morgan fingerprint density at radius 1 is 1.30 bits per heavy atom. The van der Waals surface area contributed by atoms with E-state index in [1.807, 2.05) is 5.32 Å². The third kappa shape index (κ3) is 4.82. The number of nitrogens with one attached hydrogen (secondary N) is 1. The molecule has 2 rings (SSSR count). The van der Waals surface area contributed by atoms with Crippen LogP contribution in [-0.2, 0) is 15.7 Å². The summed E-state index contributed by atoms with van der Waals surface area (Å²) in [5.41, 5.74) is -2.17. The van der Waals surface area contributed by atoms with Gasteiger partial charge in [-0.05, 0) is 36.9 Å². The Balaban J connectivity index is 2.18. The molecule has 1 aromatic carbocycles. The van der Waals surface area contributed by atoms with E-state index in [0.29, 0.717) is 11.6 Å². The number of aryl methyl sites for hydroxylation is 1. The van der Waals surface area contributed by atoms with Crippen molar-refractivity contribution in [1.29, 1.82) is 0 Å². The average molecular weight is 402 g/mol. The van der Waals surface area contributed by atoms with Gasteiger partial charge in [0.05, 0.1) is 16.2 Å². The highest BCUT2D eigenvalue weighted by Crippen LogP contribution is 2.37. The lowest BCUT2D eigenvalue weighted by Crippen LogP contribution is -2.30. The summed E-state index contributed by atoms with van der Waals surface area (Å²) in [7, 11) is 0. The van der Waals surface area contributed by atoms with Gasteiger partial charge in [-0.25, -0.2) is 4.79 Å². The van der Waals surface area contributed by atoms with Crippen LogP contribution < -0.4 is 5.32 Å². The van der Waals surface area contributed by atoms with Crippen molar-refractivity contribution in [2.45, 2.75) is 26.1 Å². The Labute approximate surface area is 154 Å². The molecule has 1 N–H and O–H groups in total. The van der Waals surface area contributed by atoms with Gasteiger partial charge in [-0.2, -0.15) is 13.2 Å². The number of amides is 1. The van der Waals surface area contributed by atoms with Gasteiger partial charge in [0.2, 0.25) is 0 Å². The SMILES string of the molecule is Cc1ccsc1C(=O)OC(C)C(=O)Nc1ccc([N+](=O)[O-])cc1C(F)(F)F. The Morgan fingerprint density at radius 2 is 1.96 bits per heavy atom. The van der Waals surface area contributed by atoms with Crippen LogP contribution in [0.4, 0.5) is 24.5 Å². The van der Waals surface area contributed by atoms with E-state index in [9.17, 15) is 32.9 Å². The molecule has 0 aliphatic carbocycles. The van der Waals surface area contributed by atoms with E-state index in [0.717, 1.165) is 23.5 Å². The number of ether oxygens (including phenoxy) is 1. The lowest BCUT2D eigenvalue weighted by molar-refractivity contribution is -0.385. The summed E-state index contributed by atoms with van der Waals surface area (Å²) in [5, 5.41) is 14.3. The molecule has 1 heterocycles. The summed E-state index contributed by atoms with van der Waals surface area (Å²) in [6, 6.07) is 3.60. The van der Waals surface area contributed by atoms with Crippen molar-refractivity contribution >= 4 is 34.6 Å². The predicted octanol–water partition coefficient (Wildman–Crippen LogP) is 4.17. The number of esters is 1. The summed E-state index contributed by atoms with van der Waals surface area (Å²) in [6.07, 6.45) is -6.31. The smallest absolute Gasteiger partial charge is 0.418 e. The molecule has 11 heteroatoms. The van der Waals surface area contributed by atoms with Gasteiger partial charge < -0.3 is 10.1 Å². The molecule has 27 heavy (non-hydrogen) atoms. The maximum atomic E-state index is 13.1. The normalized spacial score (nSPS) is 12.3. The van der Waals surface area contributed by atoms with Crippen LogP contribution in [-0.4, -0.2) is 22.9 Å². The molecule has 0 fully saturated rings. The van der Waals surface area contributed by atoms with Crippen molar-refractivity contribution < 1.29 is 32.4 Å². The summed E-state index contributed by atoms with van der Waals surface area (Å²) in [5.74, 6) is -1.78. The first-order valence-electron chi connectivity index (χ1n) is 7.42. The molecule has 0 aliphatic heterocycles. The highest BCUT2D eigenvalue weighted by atomic mass is 32.1. The fourth-order valence-corrected chi connectivity index (χ4v) is 2.88. The van der Waals surface area contributed by atoms with Crippen LogP contribution in [0.1, 0.15) is 27.7 Å². The zero-order chi connectivity index (χ0) is 20.4. The molecule has 0 spiro atoms. The van der Waals surface area contributed by atoms with Crippen molar-refractivity contribution in [3.63, 3.8) is 0 Å². The van der Waals surface area contributed by atoms with Gasteiger partial charge in [-0.3, -0.25) is 14.9 Å². The quantitative estimate of drug-likeness (QED) is 0.460. The number of alkyl halides is 3. The molecule has 0 radical (unpaired) electrons. The number of thiophene rings is 1. The fraction of sp³-hybridized carbons (Fsp3) is 0.250. The number of benzene rings is 1. The second kappa shape index (κ2) is 7.74. The third-order valence-electron chi connectivity index (χ3n) is 3.48. The minimum Gasteiger partial charge on any atom is -0.448 e. The molecule has 0 bridgehead atoms. The number of hydrogen-bond donors (Lipinski definition) is 1. The Bertz CT molecular complexity index is 894. The lowest BCUT2D eigenvalue weighted by atomic mass is 10.1. The van der Waals surface area contributed by atoms with Gasteiger partial charge in [0.25, 0.3) is 11.6 Å². The molecule has 1 aromatic heterocycles. The van der Waals surface area contributed by atoms with E-state index in [1.54, 1.807) is 18.4 Å². The number of halogens is 3. The molecule has 144 valence electrons. The first-order chi connectivity index (χ1) is 12.5. The number of non-ortho nitro benzene ring substituents is 1. The number of carbonyl (C=O) groups is 2. The standard InChI is InChI=1S/C16H13F3N2O5S/c1-8-5-6-27-13(8)15(23)26-9(2)14(22)20-12-4-3-10(21(24)25)7-11(12)16(17,18)19/h3-7,9H,1-2H3,(H,20,22). The molecule has 1 unspecified atom stereocenters. The number of rotatable bonds is 5. The maximum absolute atomic E-state index is 13.1. The second-order valence-corrected chi connectivity index (χ2v) is 6.37. The summed E-state index contributed by atoms with van der Waals surface area (Å²) in [4.78, 5) is 34.1. The number of nitro benzene ring substituents is 1. The van der Waals surface area contributed by atoms with Crippen LogP contribution in [0, 0.1) is 17.0 Å². The van der Waals surface area contributed by atoms with Crippen LogP contribution in [0.5, 0.6) is 0 Å². The van der Waals surface area contributed by atoms with Crippen LogP contribution in [0.15, 0.2) is 29.6 Å². The number of nitro groups is 1. The molecular formula is C16H13F3N2O5S. The van der Waals surface area contributed by atoms with Gasteiger partial charge in [-0.1, -0.05) is 0 Å². The van der Waals surface area contributed by atoms with Crippen molar-refractivity contribution in [1.82, 2.24) is 0 Å². The topological polar surface area (TPSA) is 98.5 Å². The highest BCUT2D eigenvalue weighted by molar-refractivity contribution is 7.12. The summed E-state index contributed by atoms with van der Waals surface area (Å²) >= 11 is 1.11.